The number of hydrogen-bond donors (Lipinski definition) is 0. The van der Waals surface area contributed by atoms with Crippen LogP contribution in [0.3, 0.4) is 0 Å². The molecule has 112 valence electrons. The maximum absolute atomic E-state index is 13.7. The van der Waals surface area contributed by atoms with Crippen LogP contribution in [-0.4, -0.2) is 12.5 Å². The smallest absolute Gasteiger partial charge is 0.127 e. The molecule has 4 heteroatoms. The Morgan fingerprint density at radius 3 is 2.48 bits per heavy atom. The minimum absolute atomic E-state index is 0.151. The molecular formula is C17H17Cl2FO. The van der Waals surface area contributed by atoms with Crippen molar-refractivity contribution in [2.75, 3.05) is 7.11 Å². The lowest BCUT2D eigenvalue weighted by Gasteiger charge is -2.12. The minimum atomic E-state index is -0.294. The van der Waals surface area contributed by atoms with Gasteiger partial charge in [-0.1, -0.05) is 29.8 Å². The van der Waals surface area contributed by atoms with Gasteiger partial charge in [-0.3, -0.25) is 0 Å². The fourth-order valence-electron chi connectivity index (χ4n) is 2.17. The molecule has 1 unspecified atom stereocenters. The molecule has 0 aliphatic rings. The summed E-state index contributed by atoms with van der Waals surface area (Å²) in [6.45, 7) is 0. The van der Waals surface area contributed by atoms with Crippen LogP contribution in [-0.2, 0) is 12.8 Å². The predicted octanol–water partition coefficient (Wildman–Crippen LogP) is 5.27. The summed E-state index contributed by atoms with van der Waals surface area (Å²) < 4.78 is 18.8. The number of rotatable bonds is 6. The maximum atomic E-state index is 13.7. The molecule has 0 fully saturated rings. The molecule has 0 aliphatic heterocycles. The summed E-state index contributed by atoms with van der Waals surface area (Å²) in [6.07, 6.45) is 2.03. The van der Waals surface area contributed by atoms with Crippen molar-refractivity contribution in [2.24, 2.45) is 0 Å². The summed E-state index contributed by atoms with van der Waals surface area (Å²) in [5.74, 6) is 0.539. The second-order valence-electron chi connectivity index (χ2n) is 4.89. The number of methoxy groups -OCH3 is 1. The highest BCUT2D eigenvalue weighted by Gasteiger charge is 2.13. The van der Waals surface area contributed by atoms with Gasteiger partial charge in [-0.2, -0.15) is 0 Å². The van der Waals surface area contributed by atoms with Gasteiger partial charge in [-0.25, -0.2) is 4.39 Å². The first kappa shape index (κ1) is 16.1. The van der Waals surface area contributed by atoms with E-state index in [0.717, 1.165) is 18.6 Å². The summed E-state index contributed by atoms with van der Waals surface area (Å²) in [6, 6.07) is 12.6. The van der Waals surface area contributed by atoms with Gasteiger partial charge in [0, 0.05) is 16.0 Å². The maximum Gasteiger partial charge on any atom is 0.127 e. The van der Waals surface area contributed by atoms with Crippen LogP contribution in [0.1, 0.15) is 17.5 Å². The van der Waals surface area contributed by atoms with Crippen molar-refractivity contribution in [2.45, 2.75) is 24.6 Å². The van der Waals surface area contributed by atoms with Crippen molar-refractivity contribution in [1.29, 1.82) is 0 Å². The van der Waals surface area contributed by atoms with Gasteiger partial charge in [-0.05, 0) is 49.1 Å². The van der Waals surface area contributed by atoms with Crippen LogP contribution in [0.4, 0.5) is 4.39 Å². The molecule has 1 nitrogen and oxygen atoms in total. The SMILES string of the molecule is COc1ccc(CCC(Cl)Cc2c(F)cccc2Cl)cc1. The summed E-state index contributed by atoms with van der Waals surface area (Å²) in [4.78, 5) is 0. The standard InChI is InChI=1S/C17H17Cl2FO/c1-21-14-9-6-12(7-10-14)5-8-13(18)11-15-16(19)3-2-4-17(15)20/h2-4,6-7,9-10,13H,5,8,11H2,1H3. The van der Waals surface area contributed by atoms with E-state index in [1.807, 2.05) is 24.3 Å². The molecule has 2 rings (SSSR count). The molecular weight excluding hydrogens is 310 g/mol. The van der Waals surface area contributed by atoms with Gasteiger partial charge in [-0.15, -0.1) is 11.6 Å². The van der Waals surface area contributed by atoms with E-state index in [1.165, 1.54) is 11.6 Å². The number of benzene rings is 2. The molecule has 2 aromatic rings. The molecule has 0 amide bonds. The third kappa shape index (κ3) is 4.62. The quantitative estimate of drug-likeness (QED) is 0.657. The Morgan fingerprint density at radius 1 is 1.14 bits per heavy atom. The molecule has 0 saturated carbocycles. The third-order valence-corrected chi connectivity index (χ3v) is 4.12. The van der Waals surface area contributed by atoms with Crippen molar-refractivity contribution >= 4 is 23.2 Å². The van der Waals surface area contributed by atoms with E-state index < -0.39 is 0 Å². The Hall–Kier alpha value is -1.25. The highest BCUT2D eigenvalue weighted by Crippen LogP contribution is 2.24. The average Bonchev–Trinajstić information content (AvgIpc) is 2.49. The van der Waals surface area contributed by atoms with Crippen LogP contribution in [0, 0.1) is 5.82 Å². The Kier molecular flexibility index (Phi) is 5.89. The first-order valence-electron chi connectivity index (χ1n) is 6.80. The highest BCUT2D eigenvalue weighted by atomic mass is 35.5. The van der Waals surface area contributed by atoms with Crippen LogP contribution in [0.15, 0.2) is 42.5 Å². The lowest BCUT2D eigenvalue weighted by Crippen LogP contribution is -2.07. The minimum Gasteiger partial charge on any atom is -0.497 e. The number of ether oxygens (including phenoxy) is 1. The Labute approximate surface area is 134 Å². The summed E-state index contributed by atoms with van der Waals surface area (Å²) in [5.41, 5.74) is 1.68. The van der Waals surface area contributed by atoms with E-state index in [-0.39, 0.29) is 11.2 Å². The fraction of sp³-hybridized carbons (Fsp3) is 0.294. The van der Waals surface area contributed by atoms with E-state index in [1.54, 1.807) is 19.2 Å². The second kappa shape index (κ2) is 7.67. The summed E-state index contributed by atoms with van der Waals surface area (Å²) in [7, 11) is 1.64. The zero-order valence-corrected chi connectivity index (χ0v) is 13.3. The molecule has 21 heavy (non-hydrogen) atoms. The Bertz CT molecular complexity index is 564. The van der Waals surface area contributed by atoms with Crippen LogP contribution in [0.5, 0.6) is 5.75 Å². The monoisotopic (exact) mass is 326 g/mol. The molecule has 0 aliphatic carbocycles. The first-order valence-corrected chi connectivity index (χ1v) is 7.61. The predicted molar refractivity (Wildman–Crippen MR) is 86.1 cm³/mol. The molecule has 0 bridgehead atoms. The fourth-order valence-corrected chi connectivity index (χ4v) is 2.67. The van der Waals surface area contributed by atoms with Gasteiger partial charge in [0.25, 0.3) is 0 Å². The summed E-state index contributed by atoms with van der Waals surface area (Å²) >= 11 is 12.3. The van der Waals surface area contributed by atoms with Crippen LogP contribution < -0.4 is 4.74 Å². The lowest BCUT2D eigenvalue weighted by molar-refractivity contribution is 0.414. The first-order chi connectivity index (χ1) is 10.1. The molecule has 2 aromatic carbocycles. The van der Waals surface area contributed by atoms with E-state index >= 15 is 0 Å². The average molecular weight is 327 g/mol. The normalized spacial score (nSPS) is 12.2. The van der Waals surface area contributed by atoms with Crippen molar-refractivity contribution < 1.29 is 9.13 Å². The summed E-state index contributed by atoms with van der Waals surface area (Å²) in [5, 5.41) is 0.284. The van der Waals surface area contributed by atoms with Crippen molar-refractivity contribution in [3.63, 3.8) is 0 Å². The molecule has 0 N–H and O–H groups in total. The molecule has 0 spiro atoms. The number of halogens is 3. The second-order valence-corrected chi connectivity index (χ2v) is 5.91. The van der Waals surface area contributed by atoms with E-state index in [2.05, 4.69) is 0 Å². The molecule has 0 saturated heterocycles. The van der Waals surface area contributed by atoms with E-state index in [4.69, 9.17) is 27.9 Å². The molecule has 1 atom stereocenters. The topological polar surface area (TPSA) is 9.23 Å². The molecule has 0 heterocycles. The van der Waals surface area contributed by atoms with Gasteiger partial charge in [0.2, 0.25) is 0 Å². The van der Waals surface area contributed by atoms with E-state index in [9.17, 15) is 4.39 Å². The van der Waals surface area contributed by atoms with Crippen LogP contribution in [0.25, 0.3) is 0 Å². The number of alkyl halides is 1. The van der Waals surface area contributed by atoms with Gasteiger partial charge < -0.3 is 4.74 Å². The highest BCUT2D eigenvalue weighted by molar-refractivity contribution is 6.31. The van der Waals surface area contributed by atoms with Crippen molar-refractivity contribution in [3.8, 4) is 5.75 Å². The van der Waals surface area contributed by atoms with Crippen LogP contribution >= 0.6 is 23.2 Å². The van der Waals surface area contributed by atoms with Gasteiger partial charge >= 0.3 is 0 Å². The lowest BCUT2D eigenvalue weighted by atomic mass is 10.0. The van der Waals surface area contributed by atoms with Crippen molar-refractivity contribution in [1.82, 2.24) is 0 Å². The zero-order chi connectivity index (χ0) is 15.2. The Morgan fingerprint density at radius 2 is 1.86 bits per heavy atom. The molecule has 0 aromatic heterocycles. The Balaban J connectivity index is 1.91. The molecule has 0 radical (unpaired) electrons. The van der Waals surface area contributed by atoms with Crippen LogP contribution in [0.2, 0.25) is 5.02 Å². The van der Waals surface area contributed by atoms with E-state index in [0.29, 0.717) is 17.0 Å². The number of aryl methyl sites for hydroxylation is 1. The number of hydrogen-bond acceptors (Lipinski definition) is 1. The van der Waals surface area contributed by atoms with Gasteiger partial charge in [0.05, 0.1) is 7.11 Å². The third-order valence-electron chi connectivity index (χ3n) is 3.39. The van der Waals surface area contributed by atoms with Gasteiger partial charge in [0.1, 0.15) is 11.6 Å². The zero-order valence-electron chi connectivity index (χ0n) is 11.8. The van der Waals surface area contributed by atoms with Crippen molar-refractivity contribution in [3.05, 3.63) is 64.4 Å². The largest absolute Gasteiger partial charge is 0.497 e. The van der Waals surface area contributed by atoms with Gasteiger partial charge in [0.15, 0.2) is 0 Å².